The SMILES string of the molecule is NC(=NCCN1CCC(O)CC1)N1CCN(c2ccc(F)cc2)CC1. The van der Waals surface area contributed by atoms with Crippen LogP contribution >= 0.6 is 0 Å². The lowest BCUT2D eigenvalue weighted by Crippen LogP contribution is -2.51. The first kappa shape index (κ1) is 17.9. The maximum absolute atomic E-state index is 13.0. The zero-order chi connectivity index (χ0) is 17.6. The van der Waals surface area contributed by atoms with Gasteiger partial charge in [0.05, 0.1) is 12.6 Å². The Morgan fingerprint density at radius 3 is 2.36 bits per heavy atom. The second-order valence-electron chi connectivity index (χ2n) is 6.76. The van der Waals surface area contributed by atoms with E-state index in [1.54, 1.807) is 0 Å². The summed E-state index contributed by atoms with van der Waals surface area (Å²) >= 11 is 0. The van der Waals surface area contributed by atoms with Crippen molar-refractivity contribution in [2.75, 3.05) is 57.3 Å². The van der Waals surface area contributed by atoms with E-state index < -0.39 is 0 Å². The third-order valence-corrected chi connectivity index (χ3v) is 5.04. The molecule has 2 aliphatic heterocycles. The predicted octanol–water partition coefficient (Wildman–Crippen LogP) is 0.719. The van der Waals surface area contributed by atoms with E-state index in [1.165, 1.54) is 12.1 Å². The molecular formula is C18H28FN5O. The number of anilines is 1. The molecule has 0 atom stereocenters. The largest absolute Gasteiger partial charge is 0.393 e. The van der Waals surface area contributed by atoms with E-state index in [9.17, 15) is 9.50 Å². The molecule has 25 heavy (non-hydrogen) atoms. The van der Waals surface area contributed by atoms with Crippen LogP contribution in [0, 0.1) is 5.82 Å². The number of likely N-dealkylation sites (tertiary alicyclic amines) is 1. The van der Waals surface area contributed by atoms with Crippen LogP contribution in [0.4, 0.5) is 10.1 Å². The minimum Gasteiger partial charge on any atom is -0.393 e. The molecular weight excluding hydrogens is 321 g/mol. The highest BCUT2D eigenvalue weighted by Gasteiger charge is 2.19. The molecule has 7 heteroatoms. The first-order valence-electron chi connectivity index (χ1n) is 9.07. The number of halogens is 1. The van der Waals surface area contributed by atoms with Crippen LogP contribution < -0.4 is 10.6 Å². The Bertz CT molecular complexity index is 563. The number of nitrogens with zero attached hydrogens (tertiary/aromatic N) is 4. The van der Waals surface area contributed by atoms with Crippen LogP contribution in [0.5, 0.6) is 0 Å². The Labute approximate surface area is 148 Å². The number of hydrogen-bond acceptors (Lipinski definition) is 4. The van der Waals surface area contributed by atoms with Crippen LogP contribution in [-0.2, 0) is 0 Å². The number of aliphatic hydroxyl groups excluding tert-OH is 1. The van der Waals surface area contributed by atoms with Crippen LogP contribution in [0.15, 0.2) is 29.3 Å². The van der Waals surface area contributed by atoms with Crippen molar-refractivity contribution in [1.29, 1.82) is 0 Å². The maximum atomic E-state index is 13.0. The normalized spacial score (nSPS) is 21.0. The van der Waals surface area contributed by atoms with E-state index in [2.05, 4.69) is 19.7 Å². The topological polar surface area (TPSA) is 68.3 Å². The summed E-state index contributed by atoms with van der Waals surface area (Å²) in [7, 11) is 0. The molecule has 2 fully saturated rings. The summed E-state index contributed by atoms with van der Waals surface area (Å²) in [4.78, 5) is 11.2. The Morgan fingerprint density at radius 2 is 1.72 bits per heavy atom. The van der Waals surface area contributed by atoms with Gasteiger partial charge in [0.25, 0.3) is 0 Å². The van der Waals surface area contributed by atoms with Crippen molar-refractivity contribution in [2.24, 2.45) is 10.7 Å². The molecule has 3 rings (SSSR count). The van der Waals surface area contributed by atoms with Gasteiger partial charge in [-0.2, -0.15) is 0 Å². The molecule has 2 aliphatic rings. The second-order valence-corrected chi connectivity index (χ2v) is 6.76. The molecule has 6 nitrogen and oxygen atoms in total. The first-order valence-corrected chi connectivity index (χ1v) is 9.07. The third-order valence-electron chi connectivity index (χ3n) is 5.04. The van der Waals surface area contributed by atoms with E-state index in [-0.39, 0.29) is 11.9 Å². The maximum Gasteiger partial charge on any atom is 0.191 e. The number of hydrogen-bond donors (Lipinski definition) is 2. The van der Waals surface area contributed by atoms with Gasteiger partial charge in [0.1, 0.15) is 5.82 Å². The summed E-state index contributed by atoms with van der Waals surface area (Å²) in [5.41, 5.74) is 7.18. The minimum atomic E-state index is -0.207. The number of aliphatic hydroxyl groups is 1. The molecule has 1 aromatic carbocycles. The van der Waals surface area contributed by atoms with Gasteiger partial charge in [0.2, 0.25) is 0 Å². The fourth-order valence-corrected chi connectivity index (χ4v) is 3.39. The summed E-state index contributed by atoms with van der Waals surface area (Å²) < 4.78 is 13.0. The monoisotopic (exact) mass is 349 g/mol. The summed E-state index contributed by atoms with van der Waals surface area (Å²) in [6, 6.07) is 6.63. The Balaban J connectivity index is 1.41. The molecule has 0 spiro atoms. The number of rotatable bonds is 4. The molecule has 3 N–H and O–H groups in total. The summed E-state index contributed by atoms with van der Waals surface area (Å²) in [5, 5.41) is 9.52. The fourth-order valence-electron chi connectivity index (χ4n) is 3.39. The van der Waals surface area contributed by atoms with E-state index in [1.807, 2.05) is 12.1 Å². The minimum absolute atomic E-state index is 0.137. The quantitative estimate of drug-likeness (QED) is 0.619. The average Bonchev–Trinajstić information content (AvgIpc) is 2.64. The van der Waals surface area contributed by atoms with Crippen molar-refractivity contribution in [3.8, 4) is 0 Å². The van der Waals surface area contributed by atoms with E-state index in [0.29, 0.717) is 12.5 Å². The van der Waals surface area contributed by atoms with E-state index >= 15 is 0 Å². The van der Waals surface area contributed by atoms with E-state index in [4.69, 9.17) is 5.73 Å². The summed E-state index contributed by atoms with van der Waals surface area (Å²) in [5.74, 6) is 0.401. The predicted molar refractivity (Wildman–Crippen MR) is 98.4 cm³/mol. The molecule has 0 aromatic heterocycles. The van der Waals surface area contributed by atoms with Gasteiger partial charge in [0, 0.05) is 51.5 Å². The summed E-state index contributed by atoms with van der Waals surface area (Å²) in [6.07, 6.45) is 1.57. The van der Waals surface area contributed by atoms with Gasteiger partial charge in [-0.3, -0.25) is 4.99 Å². The number of piperazine rings is 1. The second kappa shape index (κ2) is 8.49. The molecule has 0 aliphatic carbocycles. The van der Waals surface area contributed by atoms with Crippen LogP contribution in [0.25, 0.3) is 0 Å². The Kier molecular flexibility index (Phi) is 6.09. The zero-order valence-electron chi connectivity index (χ0n) is 14.6. The van der Waals surface area contributed by atoms with Crippen molar-refractivity contribution in [2.45, 2.75) is 18.9 Å². The van der Waals surface area contributed by atoms with E-state index in [0.717, 1.165) is 64.3 Å². The number of guanidine groups is 1. The van der Waals surface area contributed by atoms with Crippen LogP contribution in [0.1, 0.15) is 12.8 Å². The molecule has 0 saturated carbocycles. The van der Waals surface area contributed by atoms with Crippen LogP contribution in [-0.4, -0.2) is 79.3 Å². The van der Waals surface area contributed by atoms with Crippen LogP contribution in [0.3, 0.4) is 0 Å². The Morgan fingerprint density at radius 1 is 1.08 bits per heavy atom. The highest BCUT2D eigenvalue weighted by atomic mass is 19.1. The lowest BCUT2D eigenvalue weighted by molar-refractivity contribution is 0.0841. The number of nitrogens with two attached hydrogens (primary N) is 1. The molecule has 0 radical (unpaired) electrons. The molecule has 2 heterocycles. The van der Waals surface area contributed by atoms with Gasteiger partial charge in [0.15, 0.2) is 5.96 Å². The van der Waals surface area contributed by atoms with Crippen molar-refractivity contribution in [1.82, 2.24) is 9.80 Å². The standard InChI is InChI=1S/C18H28FN5O/c19-15-1-3-16(4-2-15)23-11-13-24(14-12-23)18(20)21-7-10-22-8-5-17(25)6-9-22/h1-4,17,25H,5-14H2,(H2,20,21). The van der Waals surface area contributed by atoms with Crippen LogP contribution in [0.2, 0.25) is 0 Å². The average molecular weight is 349 g/mol. The number of aliphatic imine (C=N–C) groups is 1. The molecule has 138 valence electrons. The smallest absolute Gasteiger partial charge is 0.191 e. The van der Waals surface area contributed by atoms with Gasteiger partial charge >= 0.3 is 0 Å². The number of piperidine rings is 1. The third kappa shape index (κ3) is 5.06. The highest BCUT2D eigenvalue weighted by molar-refractivity contribution is 5.78. The molecule has 0 amide bonds. The van der Waals surface area contributed by atoms with Gasteiger partial charge in [-0.05, 0) is 37.1 Å². The van der Waals surface area contributed by atoms with Gasteiger partial charge in [-0.15, -0.1) is 0 Å². The lowest BCUT2D eigenvalue weighted by atomic mass is 10.1. The van der Waals surface area contributed by atoms with Crippen molar-refractivity contribution >= 4 is 11.6 Å². The molecule has 2 saturated heterocycles. The van der Waals surface area contributed by atoms with Crippen molar-refractivity contribution < 1.29 is 9.50 Å². The fraction of sp³-hybridized carbons (Fsp3) is 0.611. The zero-order valence-corrected chi connectivity index (χ0v) is 14.6. The lowest BCUT2D eigenvalue weighted by Gasteiger charge is -2.36. The first-order chi connectivity index (χ1) is 12.1. The number of benzene rings is 1. The Hall–Kier alpha value is -1.86. The van der Waals surface area contributed by atoms with Gasteiger partial charge in [-0.25, -0.2) is 4.39 Å². The van der Waals surface area contributed by atoms with Gasteiger partial charge in [-0.1, -0.05) is 0 Å². The molecule has 0 unspecified atom stereocenters. The highest BCUT2D eigenvalue weighted by Crippen LogP contribution is 2.16. The molecule has 0 bridgehead atoms. The van der Waals surface area contributed by atoms with Crippen molar-refractivity contribution in [3.63, 3.8) is 0 Å². The molecule has 1 aromatic rings. The summed E-state index contributed by atoms with van der Waals surface area (Å²) in [6.45, 7) is 6.81. The van der Waals surface area contributed by atoms with Crippen molar-refractivity contribution in [3.05, 3.63) is 30.1 Å². The van der Waals surface area contributed by atoms with Gasteiger partial charge < -0.3 is 25.5 Å².